The second-order valence-corrected chi connectivity index (χ2v) is 7.37. The molecule has 2 saturated carbocycles. The predicted octanol–water partition coefficient (Wildman–Crippen LogP) is -0.203. The summed E-state index contributed by atoms with van der Waals surface area (Å²) in [6.07, 6.45) is 0.0990. The van der Waals surface area contributed by atoms with E-state index in [1.807, 2.05) is 0 Å². The molecule has 1 aromatic rings. The summed E-state index contributed by atoms with van der Waals surface area (Å²) in [5.41, 5.74) is 3.09. The van der Waals surface area contributed by atoms with Crippen molar-refractivity contribution in [1.29, 1.82) is 0 Å². The third-order valence-electron chi connectivity index (χ3n) is 5.94. The number of phenolic OH excluding ortho intramolecular Hbond substituents is 1. The van der Waals surface area contributed by atoms with Gasteiger partial charge >= 0.3 is 0 Å². The number of carbonyl (C=O) groups is 4. The minimum Gasteiger partial charge on any atom is -0.507 e. The highest BCUT2D eigenvalue weighted by molar-refractivity contribution is 6.31. The van der Waals surface area contributed by atoms with E-state index in [2.05, 4.69) is 0 Å². The highest BCUT2D eigenvalue weighted by Crippen LogP contribution is 2.50. The molecule has 0 radical (unpaired) electrons. The van der Waals surface area contributed by atoms with Gasteiger partial charge in [-0.05, 0) is 30.4 Å². The fourth-order valence-electron chi connectivity index (χ4n) is 4.68. The van der Waals surface area contributed by atoms with Gasteiger partial charge in [0.2, 0.25) is 11.7 Å². The number of carbonyl (C=O) groups excluding carboxylic acids is 4. The van der Waals surface area contributed by atoms with Crippen molar-refractivity contribution in [2.45, 2.75) is 24.9 Å². The number of fused-ring (bicyclic) bond motifs is 3. The minimum atomic E-state index is -2.59. The summed E-state index contributed by atoms with van der Waals surface area (Å²) < 4.78 is 0. The molecule has 4 rings (SSSR count). The van der Waals surface area contributed by atoms with E-state index in [1.165, 1.54) is 6.07 Å². The van der Waals surface area contributed by atoms with Crippen molar-refractivity contribution in [3.05, 3.63) is 34.9 Å². The normalized spacial score (nSPS) is 32.6. The average Bonchev–Trinajstić information content (AvgIpc) is 2.57. The van der Waals surface area contributed by atoms with E-state index in [0.29, 0.717) is 12.0 Å². The Kier molecular flexibility index (Phi) is 3.55. The van der Waals surface area contributed by atoms with Crippen LogP contribution in [0.25, 0.3) is 5.76 Å². The smallest absolute Gasteiger partial charge is 0.235 e. The topological polar surface area (TPSA) is 155 Å². The van der Waals surface area contributed by atoms with Gasteiger partial charge in [0, 0.05) is 17.9 Å². The van der Waals surface area contributed by atoms with Gasteiger partial charge in [-0.1, -0.05) is 12.1 Å². The molecule has 1 unspecified atom stereocenters. The summed E-state index contributed by atoms with van der Waals surface area (Å²) >= 11 is 0. The van der Waals surface area contributed by atoms with E-state index in [4.69, 9.17) is 5.73 Å². The molecule has 4 atom stereocenters. The first-order valence-corrected chi connectivity index (χ1v) is 8.55. The van der Waals surface area contributed by atoms with E-state index >= 15 is 0 Å². The molecule has 1 amide bonds. The number of amides is 1. The van der Waals surface area contributed by atoms with Crippen molar-refractivity contribution in [3.63, 3.8) is 0 Å². The number of Topliss-reactive ketones (excluding diaryl/α,β-unsaturated/α-hetero) is 3. The maximum absolute atomic E-state index is 13.1. The molecule has 140 valence electrons. The van der Waals surface area contributed by atoms with Gasteiger partial charge in [0.15, 0.2) is 23.1 Å². The molecule has 3 aliphatic carbocycles. The summed E-state index contributed by atoms with van der Waals surface area (Å²) in [5, 5.41) is 31.7. The van der Waals surface area contributed by atoms with E-state index in [-0.39, 0.29) is 29.7 Å². The zero-order chi connectivity index (χ0) is 19.7. The minimum absolute atomic E-state index is 0.0879. The third-order valence-corrected chi connectivity index (χ3v) is 5.94. The van der Waals surface area contributed by atoms with Gasteiger partial charge in [0.1, 0.15) is 11.5 Å². The van der Waals surface area contributed by atoms with Crippen molar-refractivity contribution >= 4 is 29.0 Å². The molecule has 0 aliphatic heterocycles. The van der Waals surface area contributed by atoms with E-state index < -0.39 is 52.4 Å². The number of benzene rings is 1. The van der Waals surface area contributed by atoms with Crippen molar-refractivity contribution < 1.29 is 34.5 Å². The molecule has 0 saturated heterocycles. The Morgan fingerprint density at radius 1 is 1.15 bits per heavy atom. The molecule has 5 N–H and O–H groups in total. The monoisotopic (exact) mass is 371 g/mol. The second-order valence-electron chi connectivity index (χ2n) is 7.37. The van der Waals surface area contributed by atoms with Gasteiger partial charge in [0.05, 0.1) is 5.56 Å². The van der Waals surface area contributed by atoms with Crippen LogP contribution >= 0.6 is 0 Å². The lowest BCUT2D eigenvalue weighted by molar-refractivity contribution is -0.169. The van der Waals surface area contributed by atoms with Gasteiger partial charge in [-0.3, -0.25) is 19.2 Å². The summed E-state index contributed by atoms with van der Waals surface area (Å²) in [7, 11) is 0. The van der Waals surface area contributed by atoms with E-state index in [1.54, 1.807) is 12.1 Å². The average molecular weight is 371 g/mol. The lowest BCUT2D eigenvalue weighted by Gasteiger charge is -2.46. The first-order chi connectivity index (χ1) is 12.7. The van der Waals surface area contributed by atoms with Crippen LogP contribution in [-0.2, 0) is 25.6 Å². The quantitative estimate of drug-likeness (QED) is 0.498. The number of rotatable bonds is 1. The maximum Gasteiger partial charge on any atom is 0.235 e. The van der Waals surface area contributed by atoms with Gasteiger partial charge in [0.25, 0.3) is 0 Å². The fourth-order valence-corrected chi connectivity index (χ4v) is 4.68. The second kappa shape index (κ2) is 5.50. The Morgan fingerprint density at radius 3 is 2.52 bits per heavy atom. The highest BCUT2D eigenvalue weighted by atomic mass is 16.3. The molecular formula is C19H17NO7. The first-order valence-electron chi connectivity index (χ1n) is 8.55. The number of aliphatic hydroxyl groups is 2. The lowest BCUT2D eigenvalue weighted by atomic mass is 9.56. The molecule has 1 aromatic carbocycles. The summed E-state index contributed by atoms with van der Waals surface area (Å²) in [4.78, 5) is 49.5. The van der Waals surface area contributed by atoms with Crippen molar-refractivity contribution in [2.75, 3.05) is 0 Å². The van der Waals surface area contributed by atoms with Crippen molar-refractivity contribution in [3.8, 4) is 5.75 Å². The number of aliphatic hydroxyl groups excluding tert-OH is 1. The summed E-state index contributed by atoms with van der Waals surface area (Å²) in [6.45, 7) is 0. The van der Waals surface area contributed by atoms with Gasteiger partial charge in [-0.25, -0.2) is 0 Å². The zero-order valence-corrected chi connectivity index (χ0v) is 14.1. The lowest BCUT2D eigenvalue weighted by Crippen LogP contribution is -2.65. The molecule has 27 heavy (non-hydrogen) atoms. The predicted molar refractivity (Wildman–Crippen MR) is 90.2 cm³/mol. The third kappa shape index (κ3) is 2.13. The molecule has 0 spiro atoms. The van der Waals surface area contributed by atoms with E-state index in [9.17, 15) is 34.5 Å². The van der Waals surface area contributed by atoms with Crippen LogP contribution < -0.4 is 5.73 Å². The number of phenols is 1. The van der Waals surface area contributed by atoms with E-state index in [0.717, 1.165) is 0 Å². The van der Waals surface area contributed by atoms with Crippen molar-refractivity contribution in [2.24, 2.45) is 23.5 Å². The van der Waals surface area contributed by atoms with Crippen LogP contribution in [0.1, 0.15) is 24.0 Å². The van der Waals surface area contributed by atoms with Gasteiger partial charge in [-0.15, -0.1) is 0 Å². The fraction of sp³-hybridized carbons (Fsp3) is 0.368. The molecule has 0 bridgehead atoms. The number of hydrogen-bond donors (Lipinski definition) is 4. The number of ketones is 3. The Bertz CT molecular complexity index is 963. The Labute approximate surface area is 153 Å². The van der Waals surface area contributed by atoms with Crippen LogP contribution in [0.5, 0.6) is 5.75 Å². The van der Waals surface area contributed by atoms with Crippen LogP contribution in [0.4, 0.5) is 0 Å². The Hall–Kier alpha value is -3.00. The molecular weight excluding hydrogens is 354 g/mol. The van der Waals surface area contributed by atoms with Crippen molar-refractivity contribution in [1.82, 2.24) is 0 Å². The number of aromatic hydroxyl groups is 1. The standard InChI is InChI=1S/C19H17NO7/c20-18(26)14-11(22)6-9-5-8-4-7-2-1-3-10(21)12(7)15(23)13(8)16(24)19(9,27)17(14)25/h1-3,8-9,14,21,23,27H,4-6H2,(H2,20,26)/t8-,9-,14?,19-/m0/s1. The van der Waals surface area contributed by atoms with Crippen LogP contribution in [0.3, 0.4) is 0 Å². The van der Waals surface area contributed by atoms with Crippen LogP contribution in [0.15, 0.2) is 23.8 Å². The molecule has 0 heterocycles. The highest BCUT2D eigenvalue weighted by Gasteiger charge is 2.64. The SMILES string of the molecule is NC(=O)C1C(=O)C[C@@H]2C[C@@H]3Cc4cccc(O)c4C(O)=C3C(=O)[C@]2(O)C1=O. The zero-order valence-electron chi connectivity index (χ0n) is 14.1. The summed E-state index contributed by atoms with van der Waals surface area (Å²) in [6, 6.07) is 4.67. The first kappa shape index (κ1) is 17.4. The van der Waals surface area contributed by atoms with Crippen LogP contribution in [-0.4, -0.2) is 44.2 Å². The molecule has 2 fully saturated rings. The Balaban J connectivity index is 1.88. The molecule has 0 aromatic heterocycles. The number of nitrogens with two attached hydrogens (primary N) is 1. The summed E-state index contributed by atoms with van der Waals surface area (Å²) in [5.74, 6) is -8.27. The van der Waals surface area contributed by atoms with Gasteiger partial charge < -0.3 is 21.1 Å². The Morgan fingerprint density at radius 2 is 1.85 bits per heavy atom. The van der Waals surface area contributed by atoms with Crippen LogP contribution in [0.2, 0.25) is 0 Å². The molecule has 8 nitrogen and oxygen atoms in total. The molecule has 3 aliphatic rings. The van der Waals surface area contributed by atoms with Crippen LogP contribution in [0, 0.1) is 17.8 Å². The maximum atomic E-state index is 13.1. The molecule has 8 heteroatoms. The number of hydrogen-bond acceptors (Lipinski definition) is 7. The van der Waals surface area contributed by atoms with Gasteiger partial charge in [-0.2, -0.15) is 0 Å². The largest absolute Gasteiger partial charge is 0.507 e. The number of primary amides is 1.